The zero-order chi connectivity index (χ0) is 12.6. The minimum absolute atomic E-state index is 0.421. The zero-order valence-corrected chi connectivity index (χ0v) is 10.7. The zero-order valence-electron chi connectivity index (χ0n) is 10.7. The van der Waals surface area contributed by atoms with E-state index in [1.54, 1.807) is 6.20 Å². The van der Waals surface area contributed by atoms with Crippen LogP contribution in [0.4, 0.5) is 0 Å². The minimum Gasteiger partial charge on any atom is -0.387 e. The number of piperidine rings is 1. The van der Waals surface area contributed by atoms with Crippen LogP contribution in [0.5, 0.6) is 0 Å². The van der Waals surface area contributed by atoms with E-state index in [4.69, 9.17) is 4.74 Å². The fourth-order valence-corrected chi connectivity index (χ4v) is 3.17. The lowest BCUT2D eigenvalue weighted by atomic mass is 9.71. The van der Waals surface area contributed by atoms with Crippen molar-refractivity contribution in [3.8, 4) is 0 Å². The van der Waals surface area contributed by atoms with Crippen molar-refractivity contribution in [1.82, 2.24) is 9.88 Å². The highest BCUT2D eigenvalue weighted by Crippen LogP contribution is 2.42. The van der Waals surface area contributed by atoms with Crippen LogP contribution in [0.2, 0.25) is 0 Å². The summed E-state index contributed by atoms with van der Waals surface area (Å²) in [6, 6.07) is 6.88. The van der Waals surface area contributed by atoms with Crippen LogP contribution >= 0.6 is 0 Å². The first kappa shape index (κ1) is 12.1. The Bertz CT molecular complexity index is 398. The summed E-state index contributed by atoms with van der Waals surface area (Å²) in [4.78, 5) is 6.57. The Labute approximate surface area is 108 Å². The number of pyridine rings is 1. The van der Waals surface area contributed by atoms with E-state index in [0.717, 1.165) is 18.5 Å². The molecule has 4 heteroatoms. The van der Waals surface area contributed by atoms with E-state index in [0.29, 0.717) is 25.3 Å². The smallest absolute Gasteiger partial charge is 0.0910 e. The molecule has 1 aromatic heterocycles. The van der Waals surface area contributed by atoms with Crippen molar-refractivity contribution in [1.29, 1.82) is 0 Å². The molecular formula is C14H20N2O2. The summed E-state index contributed by atoms with van der Waals surface area (Å²) in [5.74, 6) is 0. The average Bonchev–Trinajstić information content (AvgIpc) is 2.39. The van der Waals surface area contributed by atoms with E-state index in [2.05, 4.69) is 16.9 Å². The molecular weight excluding hydrogens is 228 g/mol. The maximum atomic E-state index is 10.5. The fourth-order valence-electron chi connectivity index (χ4n) is 3.17. The third-order valence-electron chi connectivity index (χ3n) is 4.27. The van der Waals surface area contributed by atoms with Crippen LogP contribution in [0.3, 0.4) is 0 Å². The molecule has 2 saturated heterocycles. The lowest BCUT2D eigenvalue weighted by molar-refractivity contribution is -0.154. The van der Waals surface area contributed by atoms with Crippen molar-refractivity contribution in [3.63, 3.8) is 0 Å². The standard InChI is InChI=1S/C14H20N2O2/c1-16-12-6-13(16)8-14(17,7-12)10-18-9-11-4-2-3-5-15-11/h2-5,12-13,17H,6-10H2,1H3. The first-order valence-electron chi connectivity index (χ1n) is 6.58. The van der Waals surface area contributed by atoms with Crippen LogP contribution < -0.4 is 0 Å². The number of fused-ring (bicyclic) bond motifs is 2. The van der Waals surface area contributed by atoms with E-state index in [1.165, 1.54) is 6.42 Å². The Kier molecular flexibility index (Phi) is 3.09. The summed E-state index contributed by atoms with van der Waals surface area (Å²) in [6.07, 6.45) is 4.67. The van der Waals surface area contributed by atoms with E-state index in [-0.39, 0.29) is 0 Å². The fraction of sp³-hybridized carbons (Fsp3) is 0.643. The summed E-state index contributed by atoms with van der Waals surface area (Å²) >= 11 is 0. The molecule has 0 aromatic carbocycles. The third kappa shape index (κ3) is 2.28. The number of rotatable bonds is 4. The van der Waals surface area contributed by atoms with Gasteiger partial charge in [-0.1, -0.05) is 6.07 Å². The van der Waals surface area contributed by atoms with Crippen LogP contribution in [-0.4, -0.2) is 46.3 Å². The van der Waals surface area contributed by atoms with Crippen molar-refractivity contribution in [2.24, 2.45) is 0 Å². The normalized spacial score (nSPS) is 35.2. The topological polar surface area (TPSA) is 45.6 Å². The monoisotopic (exact) mass is 248 g/mol. The van der Waals surface area contributed by atoms with E-state index >= 15 is 0 Å². The highest BCUT2D eigenvalue weighted by atomic mass is 16.5. The summed E-state index contributed by atoms with van der Waals surface area (Å²) in [6.45, 7) is 0.902. The molecule has 0 spiro atoms. The van der Waals surface area contributed by atoms with E-state index < -0.39 is 5.60 Å². The quantitative estimate of drug-likeness (QED) is 0.869. The van der Waals surface area contributed by atoms with Gasteiger partial charge in [0.15, 0.2) is 0 Å². The molecule has 2 aliphatic heterocycles. The molecule has 2 atom stereocenters. The molecule has 3 heterocycles. The number of hydrogen-bond acceptors (Lipinski definition) is 4. The molecule has 3 fully saturated rings. The second-order valence-corrected chi connectivity index (χ2v) is 5.66. The summed E-state index contributed by atoms with van der Waals surface area (Å²) in [5.41, 5.74) is 0.286. The third-order valence-corrected chi connectivity index (χ3v) is 4.27. The lowest BCUT2D eigenvalue weighted by Crippen LogP contribution is -2.65. The van der Waals surface area contributed by atoms with Gasteiger partial charge in [0.25, 0.3) is 0 Å². The van der Waals surface area contributed by atoms with E-state index in [1.807, 2.05) is 18.2 Å². The van der Waals surface area contributed by atoms with Crippen LogP contribution in [-0.2, 0) is 11.3 Å². The van der Waals surface area contributed by atoms with Crippen LogP contribution in [0, 0.1) is 0 Å². The van der Waals surface area contributed by atoms with Crippen molar-refractivity contribution in [2.75, 3.05) is 13.7 Å². The summed E-state index contributed by atoms with van der Waals surface area (Å²) in [7, 11) is 2.15. The number of aliphatic hydroxyl groups is 1. The highest BCUT2D eigenvalue weighted by molar-refractivity contribution is 5.05. The van der Waals surface area contributed by atoms with Gasteiger partial charge in [-0.3, -0.25) is 4.98 Å². The maximum absolute atomic E-state index is 10.5. The van der Waals surface area contributed by atoms with Crippen molar-refractivity contribution in [2.45, 2.75) is 43.6 Å². The van der Waals surface area contributed by atoms with Crippen molar-refractivity contribution in [3.05, 3.63) is 30.1 Å². The minimum atomic E-state index is -0.630. The van der Waals surface area contributed by atoms with Gasteiger partial charge in [-0.25, -0.2) is 0 Å². The molecule has 2 unspecified atom stereocenters. The van der Waals surface area contributed by atoms with Gasteiger partial charge in [-0.15, -0.1) is 0 Å². The number of aromatic nitrogens is 1. The molecule has 2 bridgehead atoms. The number of ether oxygens (including phenoxy) is 1. The molecule has 3 aliphatic rings. The summed E-state index contributed by atoms with van der Waals surface area (Å²) in [5, 5.41) is 10.5. The van der Waals surface area contributed by atoms with E-state index in [9.17, 15) is 5.11 Å². The molecule has 18 heavy (non-hydrogen) atoms. The molecule has 1 saturated carbocycles. The van der Waals surface area contributed by atoms with Gasteiger partial charge < -0.3 is 14.7 Å². The predicted molar refractivity (Wildman–Crippen MR) is 68.0 cm³/mol. The predicted octanol–water partition coefficient (Wildman–Crippen LogP) is 1.20. The SMILES string of the molecule is CN1C2CC1CC(O)(COCc1ccccn1)C2. The Balaban J connectivity index is 1.49. The van der Waals surface area contributed by atoms with Gasteiger partial charge in [-0.05, 0) is 38.4 Å². The molecule has 0 amide bonds. The van der Waals surface area contributed by atoms with Gasteiger partial charge in [0.2, 0.25) is 0 Å². The number of nitrogens with zero attached hydrogens (tertiary/aromatic N) is 2. The summed E-state index contributed by atoms with van der Waals surface area (Å²) < 4.78 is 5.64. The lowest BCUT2D eigenvalue weighted by Gasteiger charge is -2.56. The first-order valence-corrected chi connectivity index (χ1v) is 6.58. The highest BCUT2D eigenvalue weighted by Gasteiger charge is 2.49. The van der Waals surface area contributed by atoms with Crippen LogP contribution in [0.15, 0.2) is 24.4 Å². The first-order chi connectivity index (χ1) is 8.66. The molecule has 1 aliphatic carbocycles. The Morgan fingerprint density at radius 2 is 2.22 bits per heavy atom. The second-order valence-electron chi connectivity index (χ2n) is 5.66. The molecule has 0 radical (unpaired) electrons. The van der Waals surface area contributed by atoms with Crippen LogP contribution in [0.25, 0.3) is 0 Å². The molecule has 98 valence electrons. The van der Waals surface area contributed by atoms with Crippen molar-refractivity contribution < 1.29 is 9.84 Å². The van der Waals surface area contributed by atoms with Gasteiger partial charge >= 0.3 is 0 Å². The Hall–Kier alpha value is -0.970. The largest absolute Gasteiger partial charge is 0.387 e. The molecule has 1 N–H and O–H groups in total. The molecule has 1 aromatic rings. The number of hydrogen-bond donors (Lipinski definition) is 1. The molecule has 4 rings (SSSR count). The Morgan fingerprint density at radius 1 is 1.44 bits per heavy atom. The Morgan fingerprint density at radius 3 is 2.83 bits per heavy atom. The van der Waals surface area contributed by atoms with Crippen molar-refractivity contribution >= 4 is 0 Å². The second kappa shape index (κ2) is 4.61. The molecule has 4 nitrogen and oxygen atoms in total. The van der Waals surface area contributed by atoms with Crippen LogP contribution in [0.1, 0.15) is 25.0 Å². The average molecular weight is 248 g/mol. The maximum Gasteiger partial charge on any atom is 0.0910 e. The van der Waals surface area contributed by atoms with Gasteiger partial charge in [0.05, 0.1) is 24.5 Å². The van der Waals surface area contributed by atoms with Gasteiger partial charge in [0, 0.05) is 18.3 Å². The van der Waals surface area contributed by atoms with Gasteiger partial charge in [-0.2, -0.15) is 0 Å². The van der Waals surface area contributed by atoms with Gasteiger partial charge in [0.1, 0.15) is 0 Å².